The van der Waals surface area contributed by atoms with Gasteiger partial charge in [0.1, 0.15) is 11.5 Å². The molecule has 6 rings (SSSR count). The van der Waals surface area contributed by atoms with Gasteiger partial charge in [-0.1, -0.05) is 42.5 Å². The van der Waals surface area contributed by atoms with Gasteiger partial charge in [0.25, 0.3) is 5.91 Å². The van der Waals surface area contributed by atoms with Crippen LogP contribution in [0.2, 0.25) is 0 Å². The Balaban J connectivity index is 1.17. The molecular formula is C37H47N5O6S. The summed E-state index contributed by atoms with van der Waals surface area (Å²) in [5, 5.41) is 0. The predicted molar refractivity (Wildman–Crippen MR) is 191 cm³/mol. The molecule has 262 valence electrons. The molecule has 49 heavy (non-hydrogen) atoms. The molecule has 0 aliphatic carbocycles. The summed E-state index contributed by atoms with van der Waals surface area (Å²) in [6.45, 7) is 9.91. The SMILES string of the molecule is CCOCCn1c(N2CCCN(CC[C@@]3(c4ccccc4)CCN(C(=O)c4cc(OS(C)(=O)=O)ccc4OC)C3)CC2)nc2ccccc21. The molecule has 11 nitrogen and oxygen atoms in total. The molecule has 1 amide bonds. The van der Waals surface area contributed by atoms with Gasteiger partial charge in [0, 0.05) is 51.3 Å². The molecule has 4 aromatic rings. The fraction of sp³-hybridized carbons (Fsp3) is 0.459. The predicted octanol–water partition coefficient (Wildman–Crippen LogP) is 4.81. The molecule has 1 atom stereocenters. The minimum atomic E-state index is -3.75. The van der Waals surface area contributed by atoms with Crippen molar-refractivity contribution in [2.75, 3.05) is 77.3 Å². The summed E-state index contributed by atoms with van der Waals surface area (Å²) < 4.78 is 42.2. The lowest BCUT2D eigenvalue weighted by Crippen LogP contribution is -2.39. The average Bonchev–Trinajstić information content (AvgIpc) is 3.62. The van der Waals surface area contributed by atoms with Crippen molar-refractivity contribution in [1.29, 1.82) is 0 Å². The van der Waals surface area contributed by atoms with Gasteiger partial charge in [0.2, 0.25) is 5.95 Å². The number of rotatable bonds is 13. The number of carbonyl (C=O) groups is 1. The Morgan fingerprint density at radius 3 is 2.51 bits per heavy atom. The fourth-order valence-corrected chi connectivity index (χ4v) is 7.72. The first-order chi connectivity index (χ1) is 23.7. The Bertz CT molecular complexity index is 1850. The molecule has 0 N–H and O–H groups in total. The van der Waals surface area contributed by atoms with Crippen LogP contribution in [0, 0.1) is 0 Å². The van der Waals surface area contributed by atoms with Crippen LogP contribution in [0.25, 0.3) is 11.0 Å². The van der Waals surface area contributed by atoms with Crippen LogP contribution in [0.5, 0.6) is 11.5 Å². The Kier molecular flexibility index (Phi) is 10.8. The minimum absolute atomic E-state index is 0.0836. The molecular weight excluding hydrogens is 643 g/mol. The first kappa shape index (κ1) is 34.7. The third-order valence-electron chi connectivity index (χ3n) is 9.75. The third-order valence-corrected chi connectivity index (χ3v) is 10.2. The number of nitrogens with zero attached hydrogens (tertiary/aromatic N) is 5. The normalized spacial score (nSPS) is 18.9. The van der Waals surface area contributed by atoms with Gasteiger partial charge < -0.3 is 32.9 Å². The highest BCUT2D eigenvalue weighted by Crippen LogP contribution is 2.39. The second-order valence-corrected chi connectivity index (χ2v) is 14.5. The van der Waals surface area contributed by atoms with Crippen LogP contribution in [-0.4, -0.2) is 106 Å². The Labute approximate surface area is 289 Å². The van der Waals surface area contributed by atoms with E-state index in [2.05, 4.69) is 56.8 Å². The quantitative estimate of drug-likeness (QED) is 0.145. The lowest BCUT2D eigenvalue weighted by atomic mass is 9.76. The van der Waals surface area contributed by atoms with E-state index >= 15 is 0 Å². The van der Waals surface area contributed by atoms with Crippen molar-refractivity contribution < 1.29 is 26.9 Å². The van der Waals surface area contributed by atoms with E-state index in [0.717, 1.165) is 81.8 Å². The summed E-state index contributed by atoms with van der Waals surface area (Å²) in [6, 6.07) is 23.4. The molecule has 3 aromatic carbocycles. The molecule has 2 aliphatic heterocycles. The number of carbonyl (C=O) groups excluding carboxylic acids is 1. The van der Waals surface area contributed by atoms with Gasteiger partial charge in [-0.15, -0.1) is 0 Å². The van der Waals surface area contributed by atoms with Gasteiger partial charge >= 0.3 is 10.1 Å². The molecule has 0 spiro atoms. The first-order valence-corrected chi connectivity index (χ1v) is 18.9. The molecule has 12 heteroatoms. The Hall–Kier alpha value is -4.13. The van der Waals surface area contributed by atoms with Gasteiger partial charge in [-0.2, -0.15) is 8.42 Å². The number of benzene rings is 3. The molecule has 2 fully saturated rings. The molecule has 0 radical (unpaired) electrons. The highest BCUT2D eigenvalue weighted by atomic mass is 32.2. The van der Waals surface area contributed by atoms with E-state index in [9.17, 15) is 13.2 Å². The van der Waals surface area contributed by atoms with Gasteiger partial charge in [0.15, 0.2) is 0 Å². The smallest absolute Gasteiger partial charge is 0.306 e. The number of aromatic nitrogens is 2. The van der Waals surface area contributed by atoms with Gasteiger partial charge in [0.05, 0.1) is 36.6 Å². The van der Waals surface area contributed by atoms with Crippen molar-refractivity contribution in [3.63, 3.8) is 0 Å². The number of anilines is 1. The van der Waals surface area contributed by atoms with E-state index < -0.39 is 10.1 Å². The van der Waals surface area contributed by atoms with E-state index in [1.54, 1.807) is 6.07 Å². The summed E-state index contributed by atoms with van der Waals surface area (Å²) in [7, 11) is -2.25. The lowest BCUT2D eigenvalue weighted by Gasteiger charge is -2.33. The number of ether oxygens (including phenoxy) is 2. The minimum Gasteiger partial charge on any atom is -0.496 e. The third kappa shape index (κ3) is 8.03. The number of amides is 1. The summed E-state index contributed by atoms with van der Waals surface area (Å²) in [6.07, 6.45) is 3.75. The van der Waals surface area contributed by atoms with Gasteiger partial charge in [-0.3, -0.25) is 4.79 Å². The maximum atomic E-state index is 14.0. The van der Waals surface area contributed by atoms with Crippen LogP contribution in [0.3, 0.4) is 0 Å². The largest absolute Gasteiger partial charge is 0.496 e. The molecule has 3 heterocycles. The van der Waals surface area contributed by atoms with Crippen molar-refractivity contribution in [3.05, 3.63) is 83.9 Å². The summed E-state index contributed by atoms with van der Waals surface area (Å²) >= 11 is 0. The zero-order valence-corrected chi connectivity index (χ0v) is 29.5. The fourth-order valence-electron chi connectivity index (χ4n) is 7.26. The maximum absolute atomic E-state index is 14.0. The monoisotopic (exact) mass is 689 g/mol. The lowest BCUT2D eigenvalue weighted by molar-refractivity contribution is 0.0777. The second kappa shape index (κ2) is 15.2. The number of hydrogen-bond donors (Lipinski definition) is 0. The topological polar surface area (TPSA) is 106 Å². The van der Waals surface area contributed by atoms with Crippen molar-refractivity contribution in [2.24, 2.45) is 0 Å². The van der Waals surface area contributed by atoms with Crippen LogP contribution in [0.15, 0.2) is 72.8 Å². The van der Waals surface area contributed by atoms with E-state index in [1.807, 2.05) is 24.0 Å². The average molecular weight is 690 g/mol. The van der Waals surface area contributed by atoms with E-state index in [-0.39, 0.29) is 22.6 Å². The molecule has 0 unspecified atom stereocenters. The number of para-hydroxylation sites is 2. The van der Waals surface area contributed by atoms with Gasteiger partial charge in [-0.25, -0.2) is 4.98 Å². The van der Waals surface area contributed by atoms with E-state index in [0.29, 0.717) is 32.1 Å². The summed E-state index contributed by atoms with van der Waals surface area (Å²) in [4.78, 5) is 25.9. The highest BCUT2D eigenvalue weighted by Gasteiger charge is 2.42. The zero-order valence-electron chi connectivity index (χ0n) is 28.7. The number of methoxy groups -OCH3 is 1. The van der Waals surface area contributed by atoms with Crippen molar-refractivity contribution in [1.82, 2.24) is 19.4 Å². The number of imidazole rings is 1. The zero-order chi connectivity index (χ0) is 34.4. The maximum Gasteiger partial charge on any atom is 0.306 e. The first-order valence-electron chi connectivity index (χ1n) is 17.1. The second-order valence-electron chi connectivity index (χ2n) is 13.0. The number of hydrogen-bond acceptors (Lipinski definition) is 9. The van der Waals surface area contributed by atoms with Crippen LogP contribution < -0.4 is 13.8 Å². The molecule has 2 saturated heterocycles. The van der Waals surface area contributed by atoms with Crippen molar-refractivity contribution in [3.8, 4) is 11.5 Å². The van der Waals surface area contributed by atoms with Crippen LogP contribution >= 0.6 is 0 Å². The Morgan fingerprint density at radius 2 is 1.73 bits per heavy atom. The van der Waals surface area contributed by atoms with E-state index in [4.69, 9.17) is 18.6 Å². The van der Waals surface area contributed by atoms with Crippen LogP contribution in [-0.2, 0) is 26.8 Å². The molecule has 2 aliphatic rings. The number of likely N-dealkylation sites (tertiary alicyclic amines) is 1. The van der Waals surface area contributed by atoms with Gasteiger partial charge in [-0.05, 0) is 75.2 Å². The van der Waals surface area contributed by atoms with Crippen LogP contribution in [0.4, 0.5) is 5.95 Å². The highest BCUT2D eigenvalue weighted by molar-refractivity contribution is 7.86. The standard InChI is InChI=1S/C37H47N5O6S/c1-4-47-26-25-42-33-14-9-8-13-32(33)38-36(42)40-20-10-19-39(23-24-40)21-17-37(29-11-6-5-7-12-29)18-22-41(28-37)35(43)31-27-30(48-49(3,44)45)15-16-34(31)46-2/h5-9,11-16,27H,4,10,17-26,28H2,1-3H3/t37-/m1/s1. The van der Waals surface area contributed by atoms with Crippen molar-refractivity contribution in [2.45, 2.75) is 38.1 Å². The number of fused-ring (bicyclic) bond motifs is 1. The molecule has 0 saturated carbocycles. The summed E-state index contributed by atoms with van der Waals surface area (Å²) in [5.74, 6) is 1.27. The summed E-state index contributed by atoms with van der Waals surface area (Å²) in [5.41, 5.74) is 3.44. The molecule has 0 bridgehead atoms. The van der Waals surface area contributed by atoms with Crippen LogP contribution in [0.1, 0.15) is 42.1 Å². The van der Waals surface area contributed by atoms with E-state index in [1.165, 1.54) is 24.8 Å². The van der Waals surface area contributed by atoms with Crippen molar-refractivity contribution >= 4 is 33.0 Å². The molecule has 1 aromatic heterocycles. The Morgan fingerprint density at radius 1 is 0.939 bits per heavy atom.